The Kier molecular flexibility index (Phi) is 9.14. The lowest BCUT2D eigenvalue weighted by Gasteiger charge is -2.07. The Labute approximate surface area is 161 Å². The minimum Gasteiger partial charge on any atom is -0.494 e. The minimum atomic E-state index is -0.843. The molecule has 0 aromatic heterocycles. The maximum absolute atomic E-state index is 10.7. The number of carboxylic acid groups (broad SMARTS) is 1. The van der Waals surface area contributed by atoms with E-state index in [1.54, 1.807) is 6.92 Å². The molecule has 0 amide bonds. The molecule has 2 aromatic rings. The molecular weight excluding hydrogens is 338 g/mol. The van der Waals surface area contributed by atoms with Crippen LogP contribution in [0.1, 0.15) is 37.3 Å². The van der Waals surface area contributed by atoms with E-state index >= 15 is 0 Å². The van der Waals surface area contributed by atoms with Crippen LogP contribution in [0.15, 0.2) is 60.7 Å². The Morgan fingerprint density at radius 3 is 2.52 bits per heavy atom. The van der Waals surface area contributed by atoms with Crippen LogP contribution in [0, 0.1) is 0 Å². The summed E-state index contributed by atoms with van der Waals surface area (Å²) >= 11 is 0. The van der Waals surface area contributed by atoms with Gasteiger partial charge in [0.25, 0.3) is 0 Å². The molecule has 144 valence electrons. The van der Waals surface area contributed by atoms with Gasteiger partial charge in [0.2, 0.25) is 0 Å². The molecule has 2 aromatic carbocycles. The van der Waals surface area contributed by atoms with Crippen molar-refractivity contribution in [2.45, 2.75) is 38.6 Å². The van der Waals surface area contributed by atoms with Gasteiger partial charge in [0, 0.05) is 6.54 Å². The fourth-order valence-electron chi connectivity index (χ4n) is 2.64. The molecule has 4 nitrogen and oxygen atoms in total. The summed E-state index contributed by atoms with van der Waals surface area (Å²) in [6, 6.07) is 18.0. The Morgan fingerprint density at radius 2 is 1.81 bits per heavy atom. The van der Waals surface area contributed by atoms with E-state index in [0.29, 0.717) is 6.54 Å². The Hall–Kier alpha value is -2.59. The van der Waals surface area contributed by atoms with Crippen molar-refractivity contribution in [1.29, 1.82) is 0 Å². The molecule has 27 heavy (non-hydrogen) atoms. The zero-order chi connectivity index (χ0) is 19.3. The highest BCUT2D eigenvalue weighted by Gasteiger charge is 2.07. The highest BCUT2D eigenvalue weighted by atomic mass is 16.5. The number of rotatable bonds is 12. The van der Waals surface area contributed by atoms with Gasteiger partial charge in [-0.1, -0.05) is 54.6 Å². The van der Waals surface area contributed by atoms with Crippen LogP contribution >= 0.6 is 0 Å². The SMILES string of the molecule is C[C@H](NC/C=C/c1ccc(OCCCCCc2ccccc2)cc1)C(=O)O. The fourth-order valence-corrected chi connectivity index (χ4v) is 2.64. The Morgan fingerprint density at radius 1 is 1.07 bits per heavy atom. The lowest BCUT2D eigenvalue weighted by atomic mass is 10.1. The number of benzene rings is 2. The first-order valence-corrected chi connectivity index (χ1v) is 9.54. The van der Waals surface area contributed by atoms with E-state index in [0.717, 1.165) is 37.2 Å². The number of hydrogen-bond acceptors (Lipinski definition) is 3. The molecule has 0 bridgehead atoms. The minimum absolute atomic E-state index is 0.523. The van der Waals surface area contributed by atoms with Gasteiger partial charge >= 0.3 is 5.97 Å². The maximum Gasteiger partial charge on any atom is 0.320 e. The Bertz CT molecular complexity index is 695. The second-order valence-electron chi connectivity index (χ2n) is 6.58. The van der Waals surface area contributed by atoms with Gasteiger partial charge in [-0.2, -0.15) is 0 Å². The standard InChI is InChI=1S/C23H29NO3/c1-19(23(25)26)24-17-8-12-21-13-15-22(16-14-21)27-18-7-3-6-11-20-9-4-2-5-10-20/h2,4-5,8-10,12-16,19,24H,3,6-7,11,17-18H2,1H3,(H,25,26)/b12-8+/t19-/m0/s1. The summed E-state index contributed by atoms with van der Waals surface area (Å²) in [6.45, 7) is 2.89. The monoisotopic (exact) mass is 367 g/mol. The largest absolute Gasteiger partial charge is 0.494 e. The van der Waals surface area contributed by atoms with Crippen LogP contribution in [-0.2, 0) is 11.2 Å². The van der Waals surface area contributed by atoms with Gasteiger partial charge in [-0.25, -0.2) is 0 Å². The van der Waals surface area contributed by atoms with Crippen molar-refractivity contribution in [3.63, 3.8) is 0 Å². The maximum atomic E-state index is 10.7. The molecule has 0 saturated heterocycles. The summed E-state index contributed by atoms with van der Waals surface area (Å²) in [5.41, 5.74) is 2.46. The van der Waals surface area contributed by atoms with Crippen molar-refractivity contribution in [1.82, 2.24) is 5.32 Å². The summed E-state index contributed by atoms with van der Waals surface area (Å²) < 4.78 is 5.80. The number of carbonyl (C=O) groups is 1. The van der Waals surface area contributed by atoms with Crippen LogP contribution in [0.25, 0.3) is 6.08 Å². The quantitative estimate of drug-likeness (QED) is 0.540. The molecule has 2 N–H and O–H groups in total. The first kappa shape index (κ1) is 20.7. The predicted octanol–water partition coefficient (Wildman–Crippen LogP) is 4.55. The van der Waals surface area contributed by atoms with E-state index < -0.39 is 12.0 Å². The van der Waals surface area contributed by atoms with Crippen LogP contribution in [0.4, 0.5) is 0 Å². The van der Waals surface area contributed by atoms with E-state index in [2.05, 4.69) is 35.6 Å². The summed E-state index contributed by atoms with van der Waals surface area (Å²) in [5, 5.41) is 11.7. The van der Waals surface area contributed by atoms with Crippen molar-refractivity contribution < 1.29 is 14.6 Å². The summed E-state index contributed by atoms with van der Waals surface area (Å²) in [4.78, 5) is 10.7. The van der Waals surface area contributed by atoms with Crippen LogP contribution in [-0.4, -0.2) is 30.3 Å². The van der Waals surface area contributed by atoms with E-state index in [9.17, 15) is 4.79 Å². The topological polar surface area (TPSA) is 58.6 Å². The number of carboxylic acids is 1. The van der Waals surface area contributed by atoms with Gasteiger partial charge in [-0.15, -0.1) is 0 Å². The summed E-state index contributed by atoms with van der Waals surface area (Å²) in [6.07, 6.45) is 8.42. The fraction of sp³-hybridized carbons (Fsp3) is 0.348. The summed E-state index contributed by atoms with van der Waals surface area (Å²) in [5.74, 6) is 0.0396. The number of unbranched alkanes of at least 4 members (excludes halogenated alkanes) is 2. The van der Waals surface area contributed by atoms with Crippen LogP contribution in [0.5, 0.6) is 5.75 Å². The van der Waals surface area contributed by atoms with Crippen molar-refractivity contribution in [2.75, 3.05) is 13.2 Å². The lowest BCUT2D eigenvalue weighted by Crippen LogP contribution is -2.33. The molecule has 0 aliphatic heterocycles. The van der Waals surface area contributed by atoms with Crippen LogP contribution in [0.2, 0.25) is 0 Å². The highest BCUT2D eigenvalue weighted by Crippen LogP contribution is 2.14. The van der Waals surface area contributed by atoms with Gasteiger partial charge in [0.1, 0.15) is 11.8 Å². The first-order valence-electron chi connectivity index (χ1n) is 9.54. The van der Waals surface area contributed by atoms with Gasteiger partial charge in [0.15, 0.2) is 0 Å². The first-order chi connectivity index (χ1) is 13.1. The van der Waals surface area contributed by atoms with Crippen molar-refractivity contribution in [2.24, 2.45) is 0 Å². The van der Waals surface area contributed by atoms with Gasteiger partial charge < -0.3 is 15.2 Å². The van der Waals surface area contributed by atoms with E-state index in [4.69, 9.17) is 9.84 Å². The molecular formula is C23H29NO3. The third kappa shape index (κ3) is 8.56. The molecule has 0 saturated carbocycles. The average Bonchev–Trinajstić information content (AvgIpc) is 2.69. The number of aliphatic carboxylic acids is 1. The molecule has 0 unspecified atom stereocenters. The zero-order valence-corrected chi connectivity index (χ0v) is 15.9. The lowest BCUT2D eigenvalue weighted by molar-refractivity contribution is -0.138. The normalized spacial score (nSPS) is 12.2. The zero-order valence-electron chi connectivity index (χ0n) is 15.9. The Balaban J connectivity index is 1.59. The van der Waals surface area contributed by atoms with Crippen LogP contribution < -0.4 is 10.1 Å². The summed E-state index contributed by atoms with van der Waals surface area (Å²) in [7, 11) is 0. The third-order valence-electron chi connectivity index (χ3n) is 4.32. The molecule has 0 aliphatic rings. The molecule has 1 atom stereocenters. The molecule has 2 rings (SSSR count). The smallest absolute Gasteiger partial charge is 0.320 e. The second kappa shape index (κ2) is 11.9. The number of nitrogens with one attached hydrogen (secondary N) is 1. The molecule has 0 spiro atoms. The number of aryl methyl sites for hydroxylation is 1. The van der Waals surface area contributed by atoms with Crippen molar-refractivity contribution >= 4 is 12.0 Å². The van der Waals surface area contributed by atoms with Crippen molar-refractivity contribution in [3.8, 4) is 5.75 Å². The molecule has 0 radical (unpaired) electrons. The number of hydrogen-bond donors (Lipinski definition) is 2. The van der Waals surface area contributed by atoms with Gasteiger partial charge in [0.05, 0.1) is 6.61 Å². The molecule has 0 fully saturated rings. The van der Waals surface area contributed by atoms with Crippen molar-refractivity contribution in [3.05, 3.63) is 71.8 Å². The number of ether oxygens (including phenoxy) is 1. The van der Waals surface area contributed by atoms with E-state index in [1.165, 1.54) is 12.0 Å². The second-order valence-corrected chi connectivity index (χ2v) is 6.58. The van der Waals surface area contributed by atoms with E-state index in [-0.39, 0.29) is 0 Å². The van der Waals surface area contributed by atoms with Crippen LogP contribution in [0.3, 0.4) is 0 Å². The molecule has 0 heterocycles. The predicted molar refractivity (Wildman–Crippen MR) is 110 cm³/mol. The molecule has 4 heteroatoms. The molecule has 0 aliphatic carbocycles. The highest BCUT2D eigenvalue weighted by molar-refractivity contribution is 5.72. The van der Waals surface area contributed by atoms with Gasteiger partial charge in [-0.05, 0) is 55.9 Å². The van der Waals surface area contributed by atoms with E-state index in [1.807, 2.05) is 36.4 Å². The third-order valence-corrected chi connectivity index (χ3v) is 4.32. The average molecular weight is 367 g/mol. The van der Waals surface area contributed by atoms with Gasteiger partial charge in [-0.3, -0.25) is 4.79 Å².